The Morgan fingerprint density at radius 1 is 1.19 bits per heavy atom. The minimum Gasteiger partial charge on any atom is -0.378 e. The van der Waals surface area contributed by atoms with Crippen LogP contribution in [0.25, 0.3) is 0 Å². The van der Waals surface area contributed by atoms with Crippen molar-refractivity contribution in [1.29, 1.82) is 0 Å². The molecule has 0 aromatic heterocycles. The highest BCUT2D eigenvalue weighted by Crippen LogP contribution is 2.39. The zero-order valence-electron chi connectivity index (χ0n) is 14.1. The molecule has 2 heteroatoms. The fraction of sp³-hybridized carbons (Fsp3) is 0.684. The van der Waals surface area contributed by atoms with Gasteiger partial charge in [-0.2, -0.15) is 0 Å². The van der Waals surface area contributed by atoms with Crippen LogP contribution in [0, 0.1) is 0 Å². The molecule has 0 radical (unpaired) electrons. The van der Waals surface area contributed by atoms with E-state index in [0.717, 1.165) is 19.4 Å². The summed E-state index contributed by atoms with van der Waals surface area (Å²) in [5.41, 5.74) is 2.99. The minimum absolute atomic E-state index is 0.144. The maximum Gasteiger partial charge on any atom is 0.0693 e. The molecule has 118 valence electrons. The van der Waals surface area contributed by atoms with Gasteiger partial charge in [0.2, 0.25) is 0 Å². The molecule has 21 heavy (non-hydrogen) atoms. The van der Waals surface area contributed by atoms with E-state index in [-0.39, 0.29) is 5.60 Å². The standard InChI is InChI=1S/C19H31NO/c1-5-20-18(14-19(21-4)11-6-12-19)13-16-7-9-17(10-8-16)15(2)3/h7-10,15,18,20H,5-6,11-14H2,1-4H3. The normalized spacial score (nSPS) is 18.5. The van der Waals surface area contributed by atoms with Crippen molar-refractivity contribution in [2.75, 3.05) is 13.7 Å². The Hall–Kier alpha value is -0.860. The zero-order valence-corrected chi connectivity index (χ0v) is 14.1. The summed E-state index contributed by atoms with van der Waals surface area (Å²) in [4.78, 5) is 0. The lowest BCUT2D eigenvalue weighted by atomic mass is 9.75. The lowest BCUT2D eigenvalue weighted by Crippen LogP contribution is -2.46. The number of likely N-dealkylation sites (N-methyl/N-ethyl adjacent to an activating group) is 1. The van der Waals surface area contributed by atoms with E-state index in [2.05, 4.69) is 50.4 Å². The predicted molar refractivity (Wildman–Crippen MR) is 89.9 cm³/mol. The average molecular weight is 289 g/mol. The minimum atomic E-state index is 0.144. The third-order valence-corrected chi connectivity index (χ3v) is 4.94. The molecule has 0 bridgehead atoms. The second-order valence-electron chi connectivity index (χ2n) is 6.80. The van der Waals surface area contributed by atoms with Crippen molar-refractivity contribution in [2.24, 2.45) is 0 Å². The molecule has 1 saturated carbocycles. The molecule has 2 nitrogen and oxygen atoms in total. The number of benzene rings is 1. The Balaban J connectivity index is 1.98. The molecular formula is C19H31NO. The highest BCUT2D eigenvalue weighted by atomic mass is 16.5. The molecule has 0 saturated heterocycles. The molecule has 2 rings (SSSR count). The summed E-state index contributed by atoms with van der Waals surface area (Å²) in [6.45, 7) is 7.70. The Morgan fingerprint density at radius 3 is 2.29 bits per heavy atom. The summed E-state index contributed by atoms with van der Waals surface area (Å²) >= 11 is 0. The summed E-state index contributed by atoms with van der Waals surface area (Å²) in [6, 6.07) is 9.65. The summed E-state index contributed by atoms with van der Waals surface area (Å²) in [7, 11) is 1.87. The van der Waals surface area contributed by atoms with E-state index >= 15 is 0 Å². The van der Waals surface area contributed by atoms with Crippen LogP contribution < -0.4 is 5.32 Å². The van der Waals surface area contributed by atoms with Crippen LogP contribution in [0.3, 0.4) is 0 Å². The SMILES string of the molecule is CCNC(Cc1ccc(C(C)C)cc1)CC1(OC)CCC1. The van der Waals surface area contributed by atoms with Gasteiger partial charge in [0.25, 0.3) is 0 Å². The number of ether oxygens (including phenoxy) is 1. The third kappa shape index (κ3) is 4.31. The van der Waals surface area contributed by atoms with Gasteiger partial charge in [-0.25, -0.2) is 0 Å². The van der Waals surface area contributed by atoms with Gasteiger partial charge in [0.1, 0.15) is 0 Å². The number of nitrogens with one attached hydrogen (secondary N) is 1. The molecule has 0 amide bonds. The molecule has 0 spiro atoms. The van der Waals surface area contributed by atoms with Gasteiger partial charge in [-0.1, -0.05) is 45.0 Å². The van der Waals surface area contributed by atoms with E-state index in [1.54, 1.807) is 0 Å². The van der Waals surface area contributed by atoms with Gasteiger partial charge in [0, 0.05) is 13.2 Å². The summed E-state index contributed by atoms with van der Waals surface area (Å²) in [5, 5.41) is 3.65. The van der Waals surface area contributed by atoms with E-state index in [9.17, 15) is 0 Å². The molecule has 0 heterocycles. The topological polar surface area (TPSA) is 21.3 Å². The lowest BCUT2D eigenvalue weighted by molar-refractivity contribution is -0.0833. The van der Waals surface area contributed by atoms with Crippen LogP contribution in [0.5, 0.6) is 0 Å². The van der Waals surface area contributed by atoms with Crippen molar-refractivity contribution < 1.29 is 4.74 Å². The first-order valence-corrected chi connectivity index (χ1v) is 8.46. The molecule has 1 aromatic rings. The summed E-state index contributed by atoms with van der Waals surface area (Å²) in [6.07, 6.45) is 5.98. The molecule has 1 unspecified atom stereocenters. The Labute approximate surface area is 130 Å². The Morgan fingerprint density at radius 2 is 1.86 bits per heavy atom. The van der Waals surface area contributed by atoms with Crippen LogP contribution in [0.2, 0.25) is 0 Å². The molecule has 0 aliphatic heterocycles. The smallest absolute Gasteiger partial charge is 0.0693 e. The summed E-state index contributed by atoms with van der Waals surface area (Å²) < 4.78 is 5.80. The molecule has 1 aromatic carbocycles. The van der Waals surface area contributed by atoms with Gasteiger partial charge in [-0.15, -0.1) is 0 Å². The van der Waals surface area contributed by atoms with Crippen LogP contribution in [0.1, 0.15) is 63.5 Å². The van der Waals surface area contributed by atoms with Gasteiger partial charge in [-0.3, -0.25) is 0 Å². The highest BCUT2D eigenvalue weighted by molar-refractivity contribution is 5.25. The van der Waals surface area contributed by atoms with Gasteiger partial charge in [0.15, 0.2) is 0 Å². The first kappa shape index (κ1) is 16.5. The van der Waals surface area contributed by atoms with E-state index in [1.807, 2.05) is 7.11 Å². The van der Waals surface area contributed by atoms with Gasteiger partial charge in [-0.05, 0) is 55.7 Å². The van der Waals surface area contributed by atoms with Gasteiger partial charge < -0.3 is 10.1 Å². The van der Waals surface area contributed by atoms with Crippen molar-refractivity contribution in [3.8, 4) is 0 Å². The Kier molecular flexibility index (Phi) is 5.83. The van der Waals surface area contributed by atoms with Crippen molar-refractivity contribution in [2.45, 2.75) is 70.4 Å². The first-order valence-electron chi connectivity index (χ1n) is 8.46. The monoisotopic (exact) mass is 289 g/mol. The number of methoxy groups -OCH3 is 1. The van der Waals surface area contributed by atoms with E-state index in [0.29, 0.717) is 12.0 Å². The second kappa shape index (κ2) is 7.42. The fourth-order valence-corrected chi connectivity index (χ4v) is 3.34. The van der Waals surface area contributed by atoms with Crippen molar-refractivity contribution in [3.63, 3.8) is 0 Å². The molecule has 1 fully saturated rings. The van der Waals surface area contributed by atoms with Gasteiger partial charge in [0.05, 0.1) is 5.60 Å². The number of hydrogen-bond acceptors (Lipinski definition) is 2. The first-order chi connectivity index (χ1) is 10.1. The van der Waals surface area contributed by atoms with Crippen molar-refractivity contribution >= 4 is 0 Å². The number of rotatable bonds is 8. The maximum absolute atomic E-state index is 5.80. The van der Waals surface area contributed by atoms with Crippen LogP contribution in [-0.4, -0.2) is 25.3 Å². The van der Waals surface area contributed by atoms with E-state index in [1.165, 1.54) is 30.4 Å². The molecule has 1 atom stereocenters. The third-order valence-electron chi connectivity index (χ3n) is 4.94. The maximum atomic E-state index is 5.80. The molecule has 1 N–H and O–H groups in total. The number of hydrogen-bond donors (Lipinski definition) is 1. The fourth-order valence-electron chi connectivity index (χ4n) is 3.34. The predicted octanol–water partition coefficient (Wildman–Crippen LogP) is 4.29. The quantitative estimate of drug-likeness (QED) is 0.771. The van der Waals surface area contributed by atoms with Crippen LogP contribution in [-0.2, 0) is 11.2 Å². The Bertz CT molecular complexity index is 414. The van der Waals surface area contributed by atoms with Crippen LogP contribution >= 0.6 is 0 Å². The molecular weight excluding hydrogens is 258 g/mol. The lowest BCUT2D eigenvalue weighted by Gasteiger charge is -2.43. The van der Waals surface area contributed by atoms with E-state index < -0.39 is 0 Å². The van der Waals surface area contributed by atoms with Crippen molar-refractivity contribution in [1.82, 2.24) is 5.32 Å². The van der Waals surface area contributed by atoms with Gasteiger partial charge >= 0.3 is 0 Å². The summed E-state index contributed by atoms with van der Waals surface area (Å²) in [5.74, 6) is 0.607. The van der Waals surface area contributed by atoms with Crippen molar-refractivity contribution in [3.05, 3.63) is 35.4 Å². The highest BCUT2D eigenvalue weighted by Gasteiger charge is 2.38. The molecule has 1 aliphatic carbocycles. The largest absolute Gasteiger partial charge is 0.378 e. The zero-order chi connectivity index (χ0) is 15.3. The van der Waals surface area contributed by atoms with E-state index in [4.69, 9.17) is 4.74 Å². The van der Waals surface area contributed by atoms with Crippen LogP contribution in [0.15, 0.2) is 24.3 Å². The second-order valence-corrected chi connectivity index (χ2v) is 6.80. The van der Waals surface area contributed by atoms with Crippen LogP contribution in [0.4, 0.5) is 0 Å². The molecule has 1 aliphatic rings. The average Bonchev–Trinajstić information content (AvgIpc) is 2.43.